The zero-order valence-electron chi connectivity index (χ0n) is 14.7. The predicted molar refractivity (Wildman–Crippen MR) is 105 cm³/mol. The molecular formula is C22H19NO3. The molecule has 0 saturated carbocycles. The minimum atomic E-state index is -0.116. The van der Waals surface area contributed by atoms with Crippen molar-refractivity contribution in [2.45, 2.75) is 6.92 Å². The average Bonchev–Trinajstić information content (AvgIpc) is 2.66. The molecule has 0 radical (unpaired) electrons. The van der Waals surface area contributed by atoms with E-state index in [1.54, 1.807) is 37.5 Å². The van der Waals surface area contributed by atoms with E-state index in [1.807, 2.05) is 42.5 Å². The van der Waals surface area contributed by atoms with Crippen LogP contribution < -0.4 is 10.1 Å². The number of carbonyl (C=O) groups is 2. The molecule has 0 unspecified atom stereocenters. The van der Waals surface area contributed by atoms with Gasteiger partial charge in [-0.25, -0.2) is 0 Å². The average molecular weight is 345 g/mol. The Morgan fingerprint density at radius 3 is 2.27 bits per heavy atom. The minimum Gasteiger partial charge on any atom is -0.496 e. The van der Waals surface area contributed by atoms with Gasteiger partial charge in [-0.2, -0.15) is 0 Å². The Hall–Kier alpha value is -3.40. The molecule has 4 heteroatoms. The zero-order valence-corrected chi connectivity index (χ0v) is 14.7. The highest BCUT2D eigenvalue weighted by Gasteiger charge is 2.10. The van der Waals surface area contributed by atoms with Crippen molar-refractivity contribution in [2.75, 3.05) is 12.4 Å². The molecular weight excluding hydrogens is 326 g/mol. The van der Waals surface area contributed by atoms with Crippen molar-refractivity contribution in [3.05, 3.63) is 77.9 Å². The summed E-state index contributed by atoms with van der Waals surface area (Å²) in [6.07, 6.45) is 3.32. The van der Waals surface area contributed by atoms with E-state index < -0.39 is 0 Å². The summed E-state index contributed by atoms with van der Waals surface area (Å²) in [5, 5.41) is 4.49. The van der Waals surface area contributed by atoms with Gasteiger partial charge in [0.25, 0.3) is 0 Å². The molecule has 0 aliphatic heterocycles. The van der Waals surface area contributed by atoms with E-state index in [2.05, 4.69) is 5.32 Å². The minimum absolute atomic E-state index is 0.0743. The summed E-state index contributed by atoms with van der Waals surface area (Å²) < 4.78 is 5.37. The molecule has 1 N–H and O–H groups in total. The van der Waals surface area contributed by atoms with E-state index >= 15 is 0 Å². The smallest absolute Gasteiger partial charge is 0.221 e. The quantitative estimate of drug-likeness (QED) is 0.538. The van der Waals surface area contributed by atoms with Crippen LogP contribution >= 0.6 is 0 Å². The van der Waals surface area contributed by atoms with Crippen LogP contribution in [0.25, 0.3) is 16.8 Å². The van der Waals surface area contributed by atoms with Crippen LogP contribution in [0.5, 0.6) is 5.75 Å². The number of fused-ring (bicyclic) bond motifs is 1. The van der Waals surface area contributed by atoms with Crippen molar-refractivity contribution in [3.8, 4) is 5.75 Å². The Balaban J connectivity index is 1.85. The maximum Gasteiger partial charge on any atom is 0.221 e. The third-order valence-electron chi connectivity index (χ3n) is 4.03. The lowest BCUT2D eigenvalue weighted by Crippen LogP contribution is -2.05. The van der Waals surface area contributed by atoms with Gasteiger partial charge >= 0.3 is 0 Å². The largest absolute Gasteiger partial charge is 0.496 e. The number of ketones is 1. The number of hydrogen-bond donors (Lipinski definition) is 1. The Kier molecular flexibility index (Phi) is 5.13. The van der Waals surface area contributed by atoms with Crippen LogP contribution in [0.1, 0.15) is 22.8 Å². The summed E-state index contributed by atoms with van der Waals surface area (Å²) in [6, 6.07) is 18.6. The Morgan fingerprint density at radius 2 is 1.62 bits per heavy atom. The standard InChI is InChI=1S/C22H19NO3/c1-15(24)23-17-10-7-16(8-11-17)9-13-21(25)19-12-14-22(26-2)20-6-4-3-5-18(19)20/h3-14H,1-2H3,(H,23,24)/b13-9+. The lowest BCUT2D eigenvalue weighted by molar-refractivity contribution is -0.114. The molecule has 0 aromatic heterocycles. The first kappa shape index (κ1) is 17.4. The van der Waals surface area contributed by atoms with Gasteiger partial charge in [-0.3, -0.25) is 9.59 Å². The third kappa shape index (κ3) is 3.81. The predicted octanol–water partition coefficient (Wildman–Crippen LogP) is 4.70. The van der Waals surface area contributed by atoms with Crippen molar-refractivity contribution in [2.24, 2.45) is 0 Å². The fourth-order valence-corrected chi connectivity index (χ4v) is 2.81. The van der Waals surface area contributed by atoms with Gasteiger partial charge in [0.05, 0.1) is 7.11 Å². The lowest BCUT2D eigenvalue weighted by atomic mass is 10.00. The first-order valence-corrected chi connectivity index (χ1v) is 8.24. The zero-order chi connectivity index (χ0) is 18.5. The first-order valence-electron chi connectivity index (χ1n) is 8.24. The molecule has 4 nitrogen and oxygen atoms in total. The molecule has 1 amide bonds. The maximum atomic E-state index is 12.7. The van der Waals surface area contributed by atoms with Gasteiger partial charge in [-0.05, 0) is 41.3 Å². The van der Waals surface area contributed by atoms with Crippen LogP contribution in [-0.4, -0.2) is 18.8 Å². The molecule has 0 spiro atoms. The number of benzene rings is 3. The van der Waals surface area contributed by atoms with Crippen molar-refractivity contribution in [1.29, 1.82) is 0 Å². The van der Waals surface area contributed by atoms with Crippen LogP contribution in [0.15, 0.2) is 66.7 Å². The molecule has 0 bridgehead atoms. The van der Waals surface area contributed by atoms with Crippen LogP contribution in [0.4, 0.5) is 5.69 Å². The molecule has 26 heavy (non-hydrogen) atoms. The highest BCUT2D eigenvalue weighted by molar-refractivity contribution is 6.15. The number of hydrogen-bond acceptors (Lipinski definition) is 3. The van der Waals surface area contributed by atoms with Gasteiger partial charge in [0.1, 0.15) is 5.75 Å². The van der Waals surface area contributed by atoms with E-state index in [0.717, 1.165) is 27.8 Å². The highest BCUT2D eigenvalue weighted by Crippen LogP contribution is 2.28. The van der Waals surface area contributed by atoms with Crippen molar-refractivity contribution < 1.29 is 14.3 Å². The normalized spacial score (nSPS) is 10.8. The Labute approximate surface area is 152 Å². The number of ether oxygens (including phenoxy) is 1. The molecule has 0 saturated heterocycles. The number of allylic oxidation sites excluding steroid dienone is 1. The van der Waals surface area contributed by atoms with E-state index in [4.69, 9.17) is 4.74 Å². The molecule has 130 valence electrons. The van der Waals surface area contributed by atoms with Gasteiger partial charge < -0.3 is 10.1 Å². The van der Waals surface area contributed by atoms with Crippen LogP contribution in [0.3, 0.4) is 0 Å². The number of rotatable bonds is 5. The summed E-state index contributed by atoms with van der Waals surface area (Å²) in [6.45, 7) is 1.46. The van der Waals surface area contributed by atoms with Crippen LogP contribution in [0, 0.1) is 0 Å². The summed E-state index contributed by atoms with van der Waals surface area (Å²) in [7, 11) is 1.62. The summed E-state index contributed by atoms with van der Waals surface area (Å²) in [4.78, 5) is 23.7. The van der Waals surface area contributed by atoms with E-state index in [-0.39, 0.29) is 11.7 Å². The number of carbonyl (C=O) groups excluding carboxylic acids is 2. The molecule has 0 aliphatic rings. The van der Waals surface area contributed by atoms with Crippen molar-refractivity contribution >= 4 is 34.2 Å². The van der Waals surface area contributed by atoms with Gasteiger partial charge in [0.2, 0.25) is 5.91 Å². The van der Waals surface area contributed by atoms with Crippen molar-refractivity contribution in [3.63, 3.8) is 0 Å². The molecule has 0 fully saturated rings. The third-order valence-corrected chi connectivity index (χ3v) is 4.03. The summed E-state index contributed by atoms with van der Waals surface area (Å²) in [5.41, 5.74) is 2.24. The number of amides is 1. The van der Waals surface area contributed by atoms with Gasteiger partial charge in [-0.1, -0.05) is 42.5 Å². The van der Waals surface area contributed by atoms with Gasteiger partial charge in [-0.15, -0.1) is 0 Å². The second-order valence-corrected chi connectivity index (χ2v) is 5.86. The second-order valence-electron chi connectivity index (χ2n) is 5.86. The van der Waals surface area contributed by atoms with E-state index in [1.165, 1.54) is 6.92 Å². The molecule has 3 aromatic carbocycles. The van der Waals surface area contributed by atoms with Gasteiger partial charge in [0.15, 0.2) is 5.78 Å². The maximum absolute atomic E-state index is 12.7. The Morgan fingerprint density at radius 1 is 0.923 bits per heavy atom. The number of anilines is 1. The first-order chi connectivity index (χ1) is 12.6. The SMILES string of the molecule is COc1ccc(C(=O)/C=C/c2ccc(NC(C)=O)cc2)c2ccccc12. The van der Waals surface area contributed by atoms with Crippen LogP contribution in [-0.2, 0) is 4.79 Å². The highest BCUT2D eigenvalue weighted by atomic mass is 16.5. The van der Waals surface area contributed by atoms with E-state index in [0.29, 0.717) is 5.56 Å². The lowest BCUT2D eigenvalue weighted by Gasteiger charge is -2.08. The molecule has 0 heterocycles. The number of nitrogens with one attached hydrogen (secondary N) is 1. The molecule has 0 atom stereocenters. The molecule has 0 aliphatic carbocycles. The summed E-state index contributed by atoms with van der Waals surface area (Å²) in [5.74, 6) is 0.555. The fourth-order valence-electron chi connectivity index (χ4n) is 2.81. The number of methoxy groups -OCH3 is 1. The Bertz CT molecular complexity index is 988. The molecule has 3 aromatic rings. The van der Waals surface area contributed by atoms with Crippen LogP contribution in [0.2, 0.25) is 0 Å². The monoisotopic (exact) mass is 345 g/mol. The van der Waals surface area contributed by atoms with Gasteiger partial charge in [0, 0.05) is 23.6 Å². The fraction of sp³-hybridized carbons (Fsp3) is 0.0909. The molecule has 3 rings (SSSR count). The topological polar surface area (TPSA) is 55.4 Å². The second kappa shape index (κ2) is 7.66. The van der Waals surface area contributed by atoms with Crippen molar-refractivity contribution in [1.82, 2.24) is 0 Å². The summed E-state index contributed by atoms with van der Waals surface area (Å²) >= 11 is 0. The van der Waals surface area contributed by atoms with E-state index in [9.17, 15) is 9.59 Å².